The van der Waals surface area contributed by atoms with Crippen molar-refractivity contribution in [1.82, 2.24) is 0 Å². The summed E-state index contributed by atoms with van der Waals surface area (Å²) >= 11 is 1.53. The Labute approximate surface area is 181 Å². The second-order valence-electron chi connectivity index (χ2n) is 6.54. The Hall–Kier alpha value is -3.33. The van der Waals surface area contributed by atoms with E-state index in [1.807, 2.05) is 17.5 Å². The summed E-state index contributed by atoms with van der Waals surface area (Å²) in [5, 5.41) is 1.93. The molecule has 0 saturated heterocycles. The quantitative estimate of drug-likeness (QED) is 0.512. The van der Waals surface area contributed by atoms with Crippen LogP contribution >= 0.6 is 11.3 Å². The lowest BCUT2D eigenvalue weighted by Gasteiger charge is -2.25. The summed E-state index contributed by atoms with van der Waals surface area (Å²) < 4.78 is 46.1. The lowest BCUT2D eigenvalue weighted by Crippen LogP contribution is -2.30. The Morgan fingerprint density at radius 1 is 1.10 bits per heavy atom. The van der Waals surface area contributed by atoms with Crippen LogP contribution in [-0.2, 0) is 6.54 Å². The number of rotatable bonds is 7. The fourth-order valence-electron chi connectivity index (χ4n) is 3.19. The number of fused-ring (bicyclic) bond motifs is 1. The van der Waals surface area contributed by atoms with Gasteiger partial charge in [0.1, 0.15) is 13.2 Å². The van der Waals surface area contributed by atoms with E-state index in [1.165, 1.54) is 36.6 Å². The Morgan fingerprint density at radius 2 is 1.90 bits per heavy atom. The van der Waals surface area contributed by atoms with Gasteiger partial charge in [0, 0.05) is 22.2 Å². The summed E-state index contributed by atoms with van der Waals surface area (Å²) in [6, 6.07) is 13.3. The van der Waals surface area contributed by atoms with Crippen molar-refractivity contribution in [2.45, 2.75) is 13.2 Å². The molecule has 0 radical (unpaired) electrons. The fraction of sp³-hybridized carbons (Fsp3) is 0.227. The number of alkyl halides is 2. The highest BCUT2D eigenvalue weighted by atomic mass is 32.1. The molecular formula is C22H19F2NO5S. The summed E-state index contributed by atoms with van der Waals surface area (Å²) in [6.07, 6.45) is 0. The highest BCUT2D eigenvalue weighted by Crippen LogP contribution is 2.36. The summed E-state index contributed by atoms with van der Waals surface area (Å²) in [4.78, 5) is 16.0. The zero-order valence-corrected chi connectivity index (χ0v) is 17.4. The van der Waals surface area contributed by atoms with Crippen molar-refractivity contribution in [1.29, 1.82) is 0 Å². The molecule has 2 aromatic carbocycles. The predicted octanol–water partition coefficient (Wildman–Crippen LogP) is 4.98. The Balaban J connectivity index is 1.69. The van der Waals surface area contributed by atoms with E-state index in [-0.39, 0.29) is 23.0 Å². The normalized spacial score (nSPS) is 12.5. The number of hydrogen-bond acceptors (Lipinski definition) is 6. The molecule has 0 aliphatic carbocycles. The van der Waals surface area contributed by atoms with Crippen LogP contribution in [0.1, 0.15) is 15.2 Å². The summed E-state index contributed by atoms with van der Waals surface area (Å²) in [7, 11) is 1.33. The zero-order valence-electron chi connectivity index (χ0n) is 16.5. The number of carbonyl (C=O) groups is 1. The first-order valence-electron chi connectivity index (χ1n) is 9.42. The summed E-state index contributed by atoms with van der Waals surface area (Å²) in [5.74, 6) is 0.759. The van der Waals surface area contributed by atoms with Crippen molar-refractivity contribution >= 4 is 22.9 Å². The number of methoxy groups -OCH3 is 1. The number of carbonyl (C=O) groups excluding carboxylic acids is 1. The number of amides is 1. The number of thiophene rings is 1. The van der Waals surface area contributed by atoms with Gasteiger partial charge in [0.2, 0.25) is 0 Å². The zero-order chi connectivity index (χ0) is 21.8. The van der Waals surface area contributed by atoms with Crippen molar-refractivity contribution in [2.24, 2.45) is 0 Å². The molecular weight excluding hydrogens is 428 g/mol. The van der Waals surface area contributed by atoms with Gasteiger partial charge in [-0.2, -0.15) is 8.78 Å². The van der Waals surface area contributed by atoms with E-state index < -0.39 is 6.61 Å². The number of halogens is 2. The molecule has 4 rings (SSSR count). The van der Waals surface area contributed by atoms with Gasteiger partial charge >= 0.3 is 6.61 Å². The van der Waals surface area contributed by atoms with Crippen molar-refractivity contribution in [3.05, 3.63) is 64.4 Å². The standard InChI is InChI=1S/C22H19F2NO5S/c1-27-19-11-14(4-6-18(19)30-22(23)24)21(26)25(13-16-3-2-10-31-16)15-5-7-17-20(12-15)29-9-8-28-17/h2-7,10-12,22H,8-9,13H2,1H3. The second-order valence-corrected chi connectivity index (χ2v) is 7.58. The molecule has 1 aromatic heterocycles. The molecule has 0 saturated carbocycles. The molecule has 0 fully saturated rings. The van der Waals surface area contributed by atoms with Crippen molar-refractivity contribution in [3.63, 3.8) is 0 Å². The third-order valence-electron chi connectivity index (χ3n) is 4.60. The van der Waals surface area contributed by atoms with Crippen LogP contribution in [0.15, 0.2) is 53.9 Å². The maximum atomic E-state index is 13.5. The first-order chi connectivity index (χ1) is 15.0. The maximum Gasteiger partial charge on any atom is 0.387 e. The molecule has 6 nitrogen and oxygen atoms in total. The predicted molar refractivity (Wildman–Crippen MR) is 112 cm³/mol. The molecule has 0 atom stereocenters. The molecule has 1 aliphatic rings. The van der Waals surface area contributed by atoms with Gasteiger partial charge in [0.25, 0.3) is 5.91 Å². The molecule has 1 amide bonds. The van der Waals surface area contributed by atoms with E-state index in [0.29, 0.717) is 36.9 Å². The van der Waals surface area contributed by atoms with Crippen molar-refractivity contribution < 1.29 is 32.5 Å². The molecule has 0 spiro atoms. The van der Waals surface area contributed by atoms with Gasteiger partial charge in [-0.05, 0) is 41.8 Å². The van der Waals surface area contributed by atoms with Crippen LogP contribution in [0.25, 0.3) is 0 Å². The van der Waals surface area contributed by atoms with Gasteiger partial charge in [-0.3, -0.25) is 4.79 Å². The SMILES string of the molecule is COc1cc(C(=O)N(Cc2cccs2)c2ccc3c(c2)OCCO3)ccc1OC(F)F. The molecule has 0 N–H and O–H groups in total. The molecule has 0 bridgehead atoms. The molecule has 0 unspecified atom stereocenters. The van der Waals surface area contributed by atoms with E-state index in [9.17, 15) is 13.6 Å². The van der Waals surface area contributed by atoms with Crippen LogP contribution in [0.5, 0.6) is 23.0 Å². The summed E-state index contributed by atoms with van der Waals surface area (Å²) in [5.41, 5.74) is 0.888. The van der Waals surface area contributed by atoms with E-state index >= 15 is 0 Å². The van der Waals surface area contributed by atoms with E-state index in [4.69, 9.17) is 14.2 Å². The molecule has 3 aromatic rings. The van der Waals surface area contributed by atoms with Crippen LogP contribution in [0, 0.1) is 0 Å². The lowest BCUT2D eigenvalue weighted by molar-refractivity contribution is -0.0512. The second kappa shape index (κ2) is 9.22. The first kappa shape index (κ1) is 20.9. The molecule has 1 aliphatic heterocycles. The average molecular weight is 447 g/mol. The van der Waals surface area contributed by atoms with E-state index in [0.717, 1.165) is 4.88 Å². The summed E-state index contributed by atoms with van der Waals surface area (Å²) in [6.45, 7) is -1.77. The number of anilines is 1. The van der Waals surface area contributed by atoms with Gasteiger partial charge in [-0.15, -0.1) is 11.3 Å². The lowest BCUT2D eigenvalue weighted by atomic mass is 10.1. The highest BCUT2D eigenvalue weighted by molar-refractivity contribution is 7.09. The van der Waals surface area contributed by atoms with Crippen LogP contribution in [0.3, 0.4) is 0 Å². The molecule has 162 valence electrons. The third kappa shape index (κ3) is 4.72. The van der Waals surface area contributed by atoms with Crippen LogP contribution in [0.4, 0.5) is 14.5 Å². The van der Waals surface area contributed by atoms with Crippen LogP contribution in [-0.4, -0.2) is 32.8 Å². The highest BCUT2D eigenvalue weighted by Gasteiger charge is 2.23. The van der Waals surface area contributed by atoms with Gasteiger partial charge < -0.3 is 23.8 Å². The van der Waals surface area contributed by atoms with Gasteiger partial charge in [0.15, 0.2) is 23.0 Å². The Bertz CT molecular complexity index is 1060. The van der Waals surface area contributed by atoms with E-state index in [2.05, 4.69) is 4.74 Å². The maximum absolute atomic E-state index is 13.5. The Morgan fingerprint density at radius 3 is 2.61 bits per heavy atom. The number of nitrogens with zero attached hydrogens (tertiary/aromatic N) is 1. The topological polar surface area (TPSA) is 57.2 Å². The van der Waals surface area contributed by atoms with Crippen LogP contribution in [0.2, 0.25) is 0 Å². The van der Waals surface area contributed by atoms with Gasteiger partial charge in [0.05, 0.1) is 13.7 Å². The van der Waals surface area contributed by atoms with Gasteiger partial charge in [-0.1, -0.05) is 6.07 Å². The van der Waals surface area contributed by atoms with E-state index in [1.54, 1.807) is 23.1 Å². The van der Waals surface area contributed by atoms with Crippen molar-refractivity contribution in [3.8, 4) is 23.0 Å². The monoisotopic (exact) mass is 447 g/mol. The fourth-order valence-corrected chi connectivity index (χ4v) is 3.88. The molecule has 31 heavy (non-hydrogen) atoms. The minimum absolute atomic E-state index is 0.0457. The number of ether oxygens (including phenoxy) is 4. The smallest absolute Gasteiger partial charge is 0.387 e. The molecule has 2 heterocycles. The third-order valence-corrected chi connectivity index (χ3v) is 5.46. The number of hydrogen-bond donors (Lipinski definition) is 0. The minimum atomic E-state index is -3.00. The van der Waals surface area contributed by atoms with Crippen LogP contribution < -0.4 is 23.8 Å². The first-order valence-corrected chi connectivity index (χ1v) is 10.3. The minimum Gasteiger partial charge on any atom is -0.493 e. The Kier molecular flexibility index (Phi) is 6.22. The average Bonchev–Trinajstić information content (AvgIpc) is 3.30. The molecule has 9 heteroatoms. The number of benzene rings is 2. The van der Waals surface area contributed by atoms with Gasteiger partial charge in [-0.25, -0.2) is 0 Å². The largest absolute Gasteiger partial charge is 0.493 e. The van der Waals surface area contributed by atoms with Crippen molar-refractivity contribution in [2.75, 3.05) is 25.2 Å².